The maximum atomic E-state index is 11.7. The second-order valence-corrected chi connectivity index (χ2v) is 5.28. The number of H-pyrrole nitrogens is 2. The Bertz CT molecular complexity index is 626. The highest BCUT2D eigenvalue weighted by Crippen LogP contribution is 2.08. The van der Waals surface area contributed by atoms with Gasteiger partial charge in [-0.1, -0.05) is 0 Å². The number of aromatic nitrogens is 3. The Morgan fingerprint density at radius 3 is 2.79 bits per heavy atom. The number of amides is 1. The lowest BCUT2D eigenvalue weighted by atomic mass is 10.2. The predicted octanol–water partition coefficient (Wildman–Crippen LogP) is 0.678. The zero-order valence-corrected chi connectivity index (χ0v) is 11.7. The van der Waals surface area contributed by atoms with Crippen LogP contribution in [0.4, 0.5) is 0 Å². The molecule has 2 rings (SSSR count). The summed E-state index contributed by atoms with van der Waals surface area (Å²) in [7, 11) is 0. The summed E-state index contributed by atoms with van der Waals surface area (Å²) in [6.07, 6.45) is 0.814. The zero-order chi connectivity index (χ0) is 13.8. The van der Waals surface area contributed by atoms with Gasteiger partial charge in [-0.15, -0.1) is 11.3 Å². The summed E-state index contributed by atoms with van der Waals surface area (Å²) in [6, 6.07) is 0. The number of carbonyl (C=O) groups is 1. The van der Waals surface area contributed by atoms with Gasteiger partial charge in [0.05, 0.1) is 11.4 Å². The van der Waals surface area contributed by atoms with Crippen LogP contribution < -0.4 is 10.9 Å². The Balaban J connectivity index is 1.81. The van der Waals surface area contributed by atoms with Crippen molar-refractivity contribution >= 4 is 17.2 Å². The van der Waals surface area contributed by atoms with Crippen molar-refractivity contribution in [3.63, 3.8) is 0 Å². The summed E-state index contributed by atoms with van der Waals surface area (Å²) in [6.45, 7) is 4.24. The molecule has 0 aliphatic rings. The van der Waals surface area contributed by atoms with Crippen molar-refractivity contribution in [3.8, 4) is 0 Å². The molecule has 2 heterocycles. The van der Waals surface area contributed by atoms with E-state index in [9.17, 15) is 9.59 Å². The fourth-order valence-electron chi connectivity index (χ4n) is 1.73. The van der Waals surface area contributed by atoms with Gasteiger partial charge in [0.25, 0.3) is 5.56 Å². The second-order valence-electron chi connectivity index (χ2n) is 4.34. The fraction of sp³-hybridized carbons (Fsp3) is 0.417. The summed E-state index contributed by atoms with van der Waals surface area (Å²) in [4.78, 5) is 27.4. The maximum Gasteiger partial charge on any atom is 0.267 e. The van der Waals surface area contributed by atoms with E-state index < -0.39 is 0 Å². The standard InChI is InChI=1S/C12H16N4O2S/c1-7-6-19-11(14-7)3-4-13-10(17)5-9-8(2)15-16-12(9)18/h6H,3-5H2,1-2H3,(H,13,17)(H2,15,16,18). The van der Waals surface area contributed by atoms with Gasteiger partial charge in [0, 0.05) is 35.3 Å². The van der Waals surface area contributed by atoms with Crippen LogP contribution in [-0.4, -0.2) is 27.6 Å². The Kier molecular flexibility index (Phi) is 4.16. The van der Waals surface area contributed by atoms with Crippen LogP contribution in [0.15, 0.2) is 10.2 Å². The van der Waals surface area contributed by atoms with E-state index in [1.807, 2.05) is 12.3 Å². The molecule has 0 aliphatic carbocycles. The Morgan fingerprint density at radius 1 is 1.42 bits per heavy atom. The molecular formula is C12H16N4O2S. The van der Waals surface area contributed by atoms with Gasteiger partial charge in [0.2, 0.25) is 5.91 Å². The molecule has 0 fully saturated rings. The van der Waals surface area contributed by atoms with Crippen LogP contribution >= 0.6 is 11.3 Å². The molecule has 3 N–H and O–H groups in total. The summed E-state index contributed by atoms with van der Waals surface area (Å²) >= 11 is 1.59. The van der Waals surface area contributed by atoms with Gasteiger partial charge in [-0.3, -0.25) is 14.7 Å². The minimum absolute atomic E-state index is 0.0988. The molecule has 6 nitrogen and oxygen atoms in total. The Morgan fingerprint density at radius 2 is 2.21 bits per heavy atom. The topological polar surface area (TPSA) is 90.6 Å². The van der Waals surface area contributed by atoms with E-state index in [1.165, 1.54) is 0 Å². The molecular weight excluding hydrogens is 264 g/mol. The summed E-state index contributed by atoms with van der Waals surface area (Å²) < 4.78 is 0. The molecule has 19 heavy (non-hydrogen) atoms. The number of hydrogen-bond donors (Lipinski definition) is 3. The zero-order valence-electron chi connectivity index (χ0n) is 10.9. The van der Waals surface area contributed by atoms with Crippen LogP contribution in [0.5, 0.6) is 0 Å². The van der Waals surface area contributed by atoms with E-state index in [0.717, 1.165) is 10.7 Å². The third-order valence-electron chi connectivity index (χ3n) is 2.76. The van der Waals surface area contributed by atoms with Crippen LogP contribution in [-0.2, 0) is 17.6 Å². The number of nitrogens with one attached hydrogen (secondary N) is 3. The molecule has 0 aromatic carbocycles. The van der Waals surface area contributed by atoms with E-state index in [-0.39, 0.29) is 17.9 Å². The first-order chi connectivity index (χ1) is 9.06. The second kappa shape index (κ2) is 5.83. The molecule has 0 bridgehead atoms. The molecule has 0 saturated heterocycles. The predicted molar refractivity (Wildman–Crippen MR) is 73.4 cm³/mol. The van der Waals surface area contributed by atoms with E-state index in [1.54, 1.807) is 18.3 Å². The van der Waals surface area contributed by atoms with Gasteiger partial charge in [0.1, 0.15) is 0 Å². The third kappa shape index (κ3) is 3.54. The van der Waals surface area contributed by atoms with E-state index in [4.69, 9.17) is 0 Å². The van der Waals surface area contributed by atoms with Crippen molar-refractivity contribution in [1.82, 2.24) is 20.5 Å². The smallest absolute Gasteiger partial charge is 0.267 e. The molecule has 2 aromatic rings. The number of aryl methyl sites for hydroxylation is 2. The average molecular weight is 280 g/mol. The van der Waals surface area contributed by atoms with Crippen LogP contribution in [0.25, 0.3) is 0 Å². The number of nitrogens with zero attached hydrogens (tertiary/aromatic N) is 1. The third-order valence-corrected chi connectivity index (χ3v) is 3.78. The van der Waals surface area contributed by atoms with E-state index >= 15 is 0 Å². The minimum atomic E-state index is -0.233. The SMILES string of the molecule is Cc1csc(CCNC(=O)Cc2c(C)[nH][nH]c2=O)n1. The van der Waals surface area contributed by atoms with Gasteiger partial charge in [0.15, 0.2) is 0 Å². The summed E-state index contributed by atoms with van der Waals surface area (Å²) in [5.41, 5.74) is 1.96. The number of thiazole rings is 1. The number of rotatable bonds is 5. The van der Waals surface area contributed by atoms with Crippen LogP contribution in [0, 0.1) is 13.8 Å². The number of carbonyl (C=O) groups excluding carboxylic acids is 1. The highest BCUT2D eigenvalue weighted by atomic mass is 32.1. The molecule has 0 radical (unpaired) electrons. The van der Waals surface area contributed by atoms with Crippen molar-refractivity contribution < 1.29 is 4.79 Å². The van der Waals surface area contributed by atoms with Crippen molar-refractivity contribution in [2.24, 2.45) is 0 Å². The van der Waals surface area contributed by atoms with Crippen LogP contribution in [0.2, 0.25) is 0 Å². The van der Waals surface area contributed by atoms with Gasteiger partial charge in [-0.05, 0) is 13.8 Å². The fourth-order valence-corrected chi connectivity index (χ4v) is 2.51. The lowest BCUT2D eigenvalue weighted by Gasteiger charge is -2.02. The first-order valence-corrected chi connectivity index (χ1v) is 6.88. The van der Waals surface area contributed by atoms with Gasteiger partial charge < -0.3 is 10.4 Å². The van der Waals surface area contributed by atoms with E-state index in [0.29, 0.717) is 24.2 Å². The number of hydrogen-bond acceptors (Lipinski definition) is 4. The molecule has 7 heteroatoms. The minimum Gasteiger partial charge on any atom is -0.355 e. The highest BCUT2D eigenvalue weighted by Gasteiger charge is 2.11. The summed E-state index contributed by atoms with van der Waals surface area (Å²) in [5.74, 6) is -0.151. The quantitative estimate of drug-likeness (QED) is 0.752. The molecule has 0 unspecified atom stereocenters. The largest absolute Gasteiger partial charge is 0.355 e. The van der Waals surface area contributed by atoms with Crippen LogP contribution in [0.3, 0.4) is 0 Å². The molecule has 1 amide bonds. The lowest BCUT2D eigenvalue weighted by molar-refractivity contribution is -0.120. The van der Waals surface area contributed by atoms with Crippen molar-refractivity contribution in [2.45, 2.75) is 26.7 Å². The van der Waals surface area contributed by atoms with Gasteiger partial charge >= 0.3 is 0 Å². The van der Waals surface area contributed by atoms with Crippen molar-refractivity contribution in [3.05, 3.63) is 37.7 Å². The first kappa shape index (κ1) is 13.5. The molecule has 0 saturated carbocycles. The number of aromatic amines is 2. The Hall–Kier alpha value is -1.89. The lowest BCUT2D eigenvalue weighted by Crippen LogP contribution is -2.28. The van der Waals surface area contributed by atoms with Gasteiger partial charge in [-0.25, -0.2) is 4.98 Å². The molecule has 0 spiro atoms. The van der Waals surface area contributed by atoms with Crippen LogP contribution in [0.1, 0.15) is 22.0 Å². The van der Waals surface area contributed by atoms with Crippen molar-refractivity contribution in [1.29, 1.82) is 0 Å². The van der Waals surface area contributed by atoms with Gasteiger partial charge in [-0.2, -0.15) is 0 Å². The monoisotopic (exact) mass is 280 g/mol. The maximum absolute atomic E-state index is 11.7. The molecule has 102 valence electrons. The van der Waals surface area contributed by atoms with Crippen molar-refractivity contribution in [2.75, 3.05) is 6.54 Å². The summed E-state index contributed by atoms with van der Waals surface area (Å²) in [5, 5.41) is 10.9. The van der Waals surface area contributed by atoms with E-state index in [2.05, 4.69) is 20.5 Å². The molecule has 0 atom stereocenters. The molecule has 0 aliphatic heterocycles. The highest BCUT2D eigenvalue weighted by molar-refractivity contribution is 7.09. The Labute approximate surface area is 114 Å². The average Bonchev–Trinajstić information content (AvgIpc) is 2.90. The first-order valence-electron chi connectivity index (χ1n) is 6.00. The molecule has 2 aromatic heterocycles. The normalized spacial score (nSPS) is 10.6.